The van der Waals surface area contributed by atoms with E-state index in [1.54, 1.807) is 40.4 Å². The van der Waals surface area contributed by atoms with Crippen molar-refractivity contribution >= 4 is 11.8 Å². The number of ether oxygens (including phenoxy) is 2. The van der Waals surface area contributed by atoms with Gasteiger partial charge in [0.15, 0.2) is 0 Å². The van der Waals surface area contributed by atoms with Gasteiger partial charge in [0.05, 0.1) is 19.8 Å². The van der Waals surface area contributed by atoms with Gasteiger partial charge in [0.25, 0.3) is 11.8 Å². The van der Waals surface area contributed by atoms with Crippen LogP contribution in [0.1, 0.15) is 26.3 Å². The van der Waals surface area contributed by atoms with Crippen LogP contribution in [-0.4, -0.2) is 66.1 Å². The van der Waals surface area contributed by atoms with Crippen molar-refractivity contribution < 1.29 is 19.1 Å². The molecular weight excluding hydrogens is 346 g/mol. The summed E-state index contributed by atoms with van der Waals surface area (Å²) in [4.78, 5) is 33.0. The molecule has 3 heterocycles. The summed E-state index contributed by atoms with van der Waals surface area (Å²) in [5, 5.41) is 0. The molecule has 0 N–H and O–H groups in total. The third kappa shape index (κ3) is 3.78. The number of hydrogen-bond acceptors (Lipinski definition) is 5. The van der Waals surface area contributed by atoms with Crippen LogP contribution in [0.15, 0.2) is 42.7 Å². The van der Waals surface area contributed by atoms with Gasteiger partial charge in [-0.3, -0.25) is 14.6 Å². The van der Waals surface area contributed by atoms with Gasteiger partial charge in [0, 0.05) is 48.7 Å². The van der Waals surface area contributed by atoms with Gasteiger partial charge in [-0.2, -0.15) is 0 Å². The lowest BCUT2D eigenvalue weighted by Crippen LogP contribution is -2.40. The minimum Gasteiger partial charge on any atom is -0.491 e. The first-order chi connectivity index (χ1) is 13.2. The van der Waals surface area contributed by atoms with Gasteiger partial charge in [0.2, 0.25) is 0 Å². The Bertz CT molecular complexity index is 834. The van der Waals surface area contributed by atoms with Gasteiger partial charge in [0.1, 0.15) is 12.4 Å². The number of aromatic nitrogens is 1. The lowest BCUT2D eigenvalue weighted by molar-refractivity contribution is 0.0303. The number of carbonyl (C=O) groups excluding carboxylic acids is 2. The normalized spacial score (nSPS) is 16.9. The van der Waals surface area contributed by atoms with Crippen molar-refractivity contribution in [1.29, 1.82) is 0 Å². The van der Waals surface area contributed by atoms with Gasteiger partial charge < -0.3 is 19.3 Å². The summed E-state index contributed by atoms with van der Waals surface area (Å²) < 4.78 is 11.1. The molecule has 2 aliphatic heterocycles. The Morgan fingerprint density at radius 3 is 2.33 bits per heavy atom. The van der Waals surface area contributed by atoms with Gasteiger partial charge in [-0.05, 0) is 30.3 Å². The van der Waals surface area contributed by atoms with Gasteiger partial charge in [-0.15, -0.1) is 0 Å². The van der Waals surface area contributed by atoms with Crippen molar-refractivity contribution in [3.63, 3.8) is 0 Å². The van der Waals surface area contributed by atoms with Crippen molar-refractivity contribution in [2.75, 3.05) is 39.5 Å². The van der Waals surface area contributed by atoms with Crippen molar-refractivity contribution in [2.45, 2.75) is 6.54 Å². The second kappa shape index (κ2) is 7.75. The summed E-state index contributed by atoms with van der Waals surface area (Å²) in [5.74, 6) is 0.634. The molecule has 0 unspecified atom stereocenters. The maximum absolute atomic E-state index is 12.8. The second-order valence-electron chi connectivity index (χ2n) is 6.54. The van der Waals surface area contributed by atoms with E-state index in [1.165, 1.54) is 0 Å². The predicted octanol–water partition coefficient (Wildman–Crippen LogP) is 1.59. The van der Waals surface area contributed by atoms with Crippen LogP contribution in [-0.2, 0) is 11.3 Å². The molecule has 0 radical (unpaired) electrons. The number of fused-ring (bicyclic) bond motifs is 1. The fraction of sp³-hybridized carbons (Fsp3) is 0.350. The highest BCUT2D eigenvalue weighted by Crippen LogP contribution is 2.26. The molecule has 7 nitrogen and oxygen atoms in total. The zero-order valence-electron chi connectivity index (χ0n) is 15.0. The average molecular weight is 367 g/mol. The van der Waals surface area contributed by atoms with E-state index in [0.717, 1.165) is 11.3 Å². The summed E-state index contributed by atoms with van der Waals surface area (Å²) in [6.07, 6.45) is 3.21. The van der Waals surface area contributed by atoms with Crippen LogP contribution in [0.4, 0.5) is 0 Å². The molecule has 1 saturated heterocycles. The largest absolute Gasteiger partial charge is 0.491 e. The number of benzene rings is 1. The highest BCUT2D eigenvalue weighted by atomic mass is 16.5. The molecule has 0 bridgehead atoms. The first-order valence-corrected chi connectivity index (χ1v) is 9.04. The van der Waals surface area contributed by atoms with E-state index >= 15 is 0 Å². The van der Waals surface area contributed by atoms with Crippen molar-refractivity contribution in [3.05, 3.63) is 59.4 Å². The number of pyridine rings is 1. The summed E-state index contributed by atoms with van der Waals surface area (Å²) in [6.45, 7) is 3.63. The molecule has 27 heavy (non-hydrogen) atoms. The van der Waals surface area contributed by atoms with Gasteiger partial charge in [-0.25, -0.2) is 0 Å². The fourth-order valence-electron chi connectivity index (χ4n) is 3.33. The van der Waals surface area contributed by atoms with Crippen LogP contribution in [0.3, 0.4) is 0 Å². The lowest BCUT2D eigenvalue weighted by Gasteiger charge is -2.27. The molecule has 2 amide bonds. The standard InChI is InChI=1S/C20H21N3O4/c24-19(15-3-5-21-6-4-15)23-9-12-27-18-2-1-16(13-17(18)14-23)20(25)22-7-10-26-11-8-22/h1-6,13H,7-12,14H2. The summed E-state index contributed by atoms with van der Waals surface area (Å²) in [6, 6.07) is 8.85. The SMILES string of the molecule is O=C(c1ccc2c(c1)CN(C(=O)c1ccncc1)CCO2)N1CCOCC1. The van der Waals surface area contributed by atoms with Gasteiger partial charge in [-0.1, -0.05) is 0 Å². The maximum atomic E-state index is 12.8. The van der Waals surface area contributed by atoms with Crippen molar-refractivity contribution in [2.24, 2.45) is 0 Å². The average Bonchev–Trinajstić information content (AvgIpc) is 2.95. The minimum atomic E-state index is -0.0706. The van der Waals surface area contributed by atoms with Gasteiger partial charge >= 0.3 is 0 Å². The molecule has 7 heteroatoms. The first-order valence-electron chi connectivity index (χ1n) is 9.04. The van der Waals surface area contributed by atoms with E-state index in [2.05, 4.69) is 4.98 Å². The third-order valence-corrected chi connectivity index (χ3v) is 4.80. The van der Waals surface area contributed by atoms with Crippen LogP contribution in [0.5, 0.6) is 5.75 Å². The van der Waals surface area contributed by atoms with Crippen molar-refractivity contribution in [3.8, 4) is 5.75 Å². The number of carbonyl (C=O) groups is 2. The zero-order valence-corrected chi connectivity index (χ0v) is 15.0. The summed E-state index contributed by atoms with van der Waals surface area (Å²) >= 11 is 0. The number of rotatable bonds is 2. The van der Waals surface area contributed by atoms with E-state index in [9.17, 15) is 9.59 Å². The Morgan fingerprint density at radius 1 is 0.852 bits per heavy atom. The Hall–Kier alpha value is -2.93. The molecule has 0 saturated carbocycles. The molecule has 0 spiro atoms. The van der Waals surface area contributed by atoms with Crippen molar-refractivity contribution in [1.82, 2.24) is 14.8 Å². The van der Waals surface area contributed by atoms with Crippen LogP contribution >= 0.6 is 0 Å². The highest BCUT2D eigenvalue weighted by molar-refractivity contribution is 5.95. The molecule has 0 aliphatic carbocycles. The van der Waals surface area contributed by atoms with E-state index in [4.69, 9.17) is 9.47 Å². The van der Waals surface area contributed by atoms with Crippen LogP contribution in [0, 0.1) is 0 Å². The summed E-state index contributed by atoms with van der Waals surface area (Å²) in [7, 11) is 0. The number of hydrogen-bond donors (Lipinski definition) is 0. The molecule has 4 rings (SSSR count). The Balaban J connectivity index is 1.56. The van der Waals surface area contributed by atoms with E-state index in [1.807, 2.05) is 12.1 Å². The van der Waals surface area contributed by atoms with Crippen LogP contribution in [0.2, 0.25) is 0 Å². The molecule has 1 fully saturated rings. The van der Waals surface area contributed by atoms with E-state index in [-0.39, 0.29) is 11.8 Å². The smallest absolute Gasteiger partial charge is 0.254 e. The Kier molecular flexibility index (Phi) is 5.02. The monoisotopic (exact) mass is 367 g/mol. The number of amides is 2. The first kappa shape index (κ1) is 17.5. The van der Waals surface area contributed by atoms with E-state index in [0.29, 0.717) is 57.1 Å². The lowest BCUT2D eigenvalue weighted by atomic mass is 10.1. The molecule has 1 aromatic heterocycles. The summed E-state index contributed by atoms with van der Waals surface area (Å²) in [5.41, 5.74) is 2.04. The molecule has 0 atom stereocenters. The molecule has 1 aromatic carbocycles. The van der Waals surface area contributed by atoms with E-state index < -0.39 is 0 Å². The van der Waals surface area contributed by atoms with Crippen LogP contribution in [0.25, 0.3) is 0 Å². The van der Waals surface area contributed by atoms with Crippen LogP contribution < -0.4 is 4.74 Å². The molecule has 2 aromatic rings. The number of morpholine rings is 1. The molecule has 140 valence electrons. The molecule has 2 aliphatic rings. The fourth-order valence-corrected chi connectivity index (χ4v) is 3.33. The quantitative estimate of drug-likeness (QED) is 0.806. The molecular formula is C20H21N3O4. The predicted molar refractivity (Wildman–Crippen MR) is 97.6 cm³/mol. The Labute approximate surface area is 157 Å². The highest BCUT2D eigenvalue weighted by Gasteiger charge is 2.24. The topological polar surface area (TPSA) is 72.0 Å². The Morgan fingerprint density at radius 2 is 1.56 bits per heavy atom. The third-order valence-electron chi connectivity index (χ3n) is 4.80. The minimum absolute atomic E-state index is 0.0163. The maximum Gasteiger partial charge on any atom is 0.254 e. The zero-order chi connectivity index (χ0) is 18.6. The second-order valence-corrected chi connectivity index (χ2v) is 6.54. The number of nitrogens with zero attached hydrogens (tertiary/aromatic N) is 3.